The Morgan fingerprint density at radius 1 is 1.19 bits per heavy atom. The van der Waals surface area contributed by atoms with E-state index in [1.165, 1.54) is 12.1 Å². The van der Waals surface area contributed by atoms with Crippen LogP contribution in [0.2, 0.25) is 0 Å². The molecule has 0 radical (unpaired) electrons. The van der Waals surface area contributed by atoms with E-state index < -0.39 is 23.4 Å². The van der Waals surface area contributed by atoms with Crippen LogP contribution in [0, 0.1) is 0 Å². The van der Waals surface area contributed by atoms with E-state index >= 15 is 0 Å². The average molecular weight is 302 g/mol. The molecule has 6 heteroatoms. The molecule has 2 rings (SSSR count). The van der Waals surface area contributed by atoms with E-state index in [9.17, 15) is 13.2 Å². The van der Waals surface area contributed by atoms with E-state index in [2.05, 4.69) is 5.43 Å². The van der Waals surface area contributed by atoms with E-state index in [1.807, 2.05) is 0 Å². The molecule has 1 aromatic rings. The zero-order valence-electron chi connectivity index (χ0n) is 12.0. The summed E-state index contributed by atoms with van der Waals surface area (Å²) in [4.78, 5) is 0. The number of hydrogen-bond acceptors (Lipinski definition) is 3. The molecule has 21 heavy (non-hydrogen) atoms. The highest BCUT2D eigenvalue weighted by Gasteiger charge is 2.44. The molecule has 3 N–H and O–H groups in total. The van der Waals surface area contributed by atoms with Crippen LogP contribution >= 0.6 is 0 Å². The van der Waals surface area contributed by atoms with Crippen molar-refractivity contribution < 1.29 is 17.9 Å². The second-order valence-corrected chi connectivity index (χ2v) is 5.51. The van der Waals surface area contributed by atoms with Crippen LogP contribution in [0.1, 0.15) is 49.3 Å². The number of alkyl halides is 3. The molecule has 3 nitrogen and oxygen atoms in total. The second-order valence-electron chi connectivity index (χ2n) is 5.51. The fourth-order valence-electron chi connectivity index (χ4n) is 3.29. The maximum Gasteiger partial charge on any atom is 0.416 e. The number of nitrogens with two attached hydrogens (primary N) is 1. The van der Waals surface area contributed by atoms with Crippen molar-refractivity contribution in [3.63, 3.8) is 0 Å². The zero-order chi connectivity index (χ0) is 15.5. The van der Waals surface area contributed by atoms with Gasteiger partial charge < -0.3 is 4.74 Å². The Kier molecular flexibility index (Phi) is 4.91. The smallest absolute Gasteiger partial charge is 0.376 e. The van der Waals surface area contributed by atoms with E-state index in [0.717, 1.165) is 25.3 Å². The number of benzene rings is 1. The first kappa shape index (κ1) is 16.3. The van der Waals surface area contributed by atoms with Crippen molar-refractivity contribution in [2.24, 2.45) is 5.84 Å². The molecule has 1 unspecified atom stereocenters. The van der Waals surface area contributed by atoms with Gasteiger partial charge in [0.1, 0.15) is 0 Å². The Morgan fingerprint density at radius 2 is 1.81 bits per heavy atom. The van der Waals surface area contributed by atoms with Crippen molar-refractivity contribution in [1.82, 2.24) is 5.43 Å². The van der Waals surface area contributed by atoms with Gasteiger partial charge in [0.15, 0.2) is 0 Å². The van der Waals surface area contributed by atoms with Gasteiger partial charge in [-0.1, -0.05) is 37.5 Å². The van der Waals surface area contributed by atoms with Crippen molar-refractivity contribution in [2.75, 3.05) is 7.11 Å². The van der Waals surface area contributed by atoms with E-state index in [0.29, 0.717) is 12.8 Å². The lowest BCUT2D eigenvalue weighted by molar-refractivity contribution is -0.140. The van der Waals surface area contributed by atoms with Crippen LogP contribution in [0.5, 0.6) is 0 Å². The third-order valence-electron chi connectivity index (χ3n) is 4.38. The van der Waals surface area contributed by atoms with Gasteiger partial charge in [-0.15, -0.1) is 0 Å². The minimum atomic E-state index is -4.41. The molecular weight excluding hydrogens is 281 g/mol. The molecule has 0 aromatic heterocycles. The third kappa shape index (κ3) is 3.22. The first-order chi connectivity index (χ1) is 9.94. The summed E-state index contributed by atoms with van der Waals surface area (Å²) in [5, 5.41) is 0. The normalized spacial score (nSPS) is 20.2. The Bertz CT molecular complexity index is 470. The highest BCUT2D eigenvalue weighted by Crippen LogP contribution is 2.44. The van der Waals surface area contributed by atoms with Crippen LogP contribution < -0.4 is 11.3 Å². The number of hydrazine groups is 1. The van der Waals surface area contributed by atoms with E-state index in [1.54, 1.807) is 13.2 Å². The fourth-order valence-corrected chi connectivity index (χ4v) is 3.29. The summed E-state index contributed by atoms with van der Waals surface area (Å²) >= 11 is 0. The van der Waals surface area contributed by atoms with Crippen LogP contribution in [-0.2, 0) is 10.9 Å². The Balaban J connectivity index is 2.46. The van der Waals surface area contributed by atoms with E-state index in [4.69, 9.17) is 10.6 Å². The molecule has 0 bridgehead atoms. The van der Waals surface area contributed by atoms with Crippen LogP contribution in [0.3, 0.4) is 0 Å². The molecule has 0 heterocycles. The quantitative estimate of drug-likeness (QED) is 0.660. The fraction of sp³-hybridized carbons (Fsp3) is 0.600. The number of methoxy groups -OCH3 is 1. The lowest BCUT2D eigenvalue weighted by atomic mass is 9.76. The number of rotatable bonds is 4. The summed E-state index contributed by atoms with van der Waals surface area (Å²) < 4.78 is 45.3. The molecule has 0 aliphatic heterocycles. The summed E-state index contributed by atoms with van der Waals surface area (Å²) in [6.07, 6.45) is -0.0753. The van der Waals surface area contributed by atoms with Gasteiger partial charge in [-0.2, -0.15) is 13.2 Å². The molecule has 1 aliphatic carbocycles. The Labute approximate surface area is 122 Å². The maximum absolute atomic E-state index is 13.2. The number of hydrogen-bond donors (Lipinski definition) is 2. The van der Waals surface area contributed by atoms with Crippen molar-refractivity contribution >= 4 is 0 Å². The average Bonchev–Trinajstić information content (AvgIpc) is 2.48. The summed E-state index contributed by atoms with van der Waals surface area (Å²) in [7, 11) is 1.55. The van der Waals surface area contributed by atoms with Crippen molar-refractivity contribution in [3.05, 3.63) is 35.4 Å². The maximum atomic E-state index is 13.2. The molecule has 1 fully saturated rings. The van der Waals surface area contributed by atoms with Crippen molar-refractivity contribution in [1.29, 1.82) is 0 Å². The lowest BCUT2D eigenvalue weighted by Crippen LogP contribution is -2.49. The summed E-state index contributed by atoms with van der Waals surface area (Å²) in [5.41, 5.74) is 1.37. The van der Waals surface area contributed by atoms with Crippen LogP contribution in [0.4, 0.5) is 13.2 Å². The molecule has 0 spiro atoms. The summed E-state index contributed by atoms with van der Waals surface area (Å²) in [6.45, 7) is 0. The van der Waals surface area contributed by atoms with Crippen LogP contribution in [-0.4, -0.2) is 12.7 Å². The molecule has 0 amide bonds. The van der Waals surface area contributed by atoms with Gasteiger partial charge in [0, 0.05) is 7.11 Å². The molecule has 118 valence electrons. The predicted octanol–water partition coefficient (Wildman–Crippen LogP) is 3.56. The lowest BCUT2D eigenvalue weighted by Gasteiger charge is -2.43. The third-order valence-corrected chi connectivity index (χ3v) is 4.38. The monoisotopic (exact) mass is 302 g/mol. The second kappa shape index (κ2) is 6.34. The van der Waals surface area contributed by atoms with Gasteiger partial charge in [-0.25, -0.2) is 0 Å². The topological polar surface area (TPSA) is 47.3 Å². The van der Waals surface area contributed by atoms with Gasteiger partial charge in [0.05, 0.1) is 17.2 Å². The minimum absolute atomic E-state index is 0.149. The van der Waals surface area contributed by atoms with E-state index in [-0.39, 0.29) is 5.56 Å². The first-order valence-electron chi connectivity index (χ1n) is 7.12. The summed E-state index contributed by atoms with van der Waals surface area (Å²) in [6, 6.07) is 4.87. The Morgan fingerprint density at radius 3 is 2.33 bits per heavy atom. The number of halogens is 3. The molecule has 1 aliphatic rings. The zero-order valence-corrected chi connectivity index (χ0v) is 12.0. The molecule has 1 atom stereocenters. The van der Waals surface area contributed by atoms with Gasteiger partial charge >= 0.3 is 6.18 Å². The highest BCUT2D eigenvalue weighted by molar-refractivity contribution is 5.34. The van der Waals surface area contributed by atoms with Gasteiger partial charge in [0.2, 0.25) is 0 Å². The number of nitrogens with one attached hydrogen (secondary N) is 1. The Hall–Kier alpha value is -1.11. The SMILES string of the molecule is COC1(C(NN)c2ccccc2C(F)(F)F)CCCCC1. The largest absolute Gasteiger partial charge is 0.416 e. The van der Waals surface area contributed by atoms with Crippen molar-refractivity contribution in [3.8, 4) is 0 Å². The van der Waals surface area contributed by atoms with Crippen LogP contribution in [0.25, 0.3) is 0 Å². The standard InChI is InChI=1S/C15H21F3N2O/c1-21-14(9-5-2-6-10-14)13(20-19)11-7-3-4-8-12(11)15(16,17)18/h3-4,7-8,13,20H,2,5-6,9-10,19H2,1H3. The van der Waals surface area contributed by atoms with Gasteiger partial charge in [-0.3, -0.25) is 11.3 Å². The minimum Gasteiger partial charge on any atom is -0.376 e. The molecule has 0 saturated heterocycles. The predicted molar refractivity (Wildman–Crippen MR) is 74.3 cm³/mol. The highest BCUT2D eigenvalue weighted by atomic mass is 19.4. The van der Waals surface area contributed by atoms with Gasteiger partial charge in [-0.05, 0) is 24.5 Å². The summed E-state index contributed by atoms with van der Waals surface area (Å²) in [5.74, 6) is 5.61. The first-order valence-corrected chi connectivity index (χ1v) is 7.12. The molecular formula is C15H21F3N2O. The van der Waals surface area contributed by atoms with Gasteiger partial charge in [0.25, 0.3) is 0 Å². The van der Waals surface area contributed by atoms with Crippen molar-refractivity contribution in [2.45, 2.75) is 49.9 Å². The number of ether oxygens (including phenoxy) is 1. The molecule has 1 saturated carbocycles. The van der Waals surface area contributed by atoms with Crippen LogP contribution in [0.15, 0.2) is 24.3 Å². The molecule has 1 aromatic carbocycles.